The highest BCUT2D eigenvalue weighted by Gasteiger charge is 2.22. The van der Waals surface area contributed by atoms with Crippen molar-refractivity contribution in [3.05, 3.63) is 71.3 Å². The number of rotatable bonds is 2. The second kappa shape index (κ2) is 6.60. The van der Waals surface area contributed by atoms with Crippen molar-refractivity contribution < 1.29 is 14.3 Å². The predicted molar refractivity (Wildman–Crippen MR) is 85.5 cm³/mol. The molecule has 5 heteroatoms. The van der Waals surface area contributed by atoms with Crippen molar-refractivity contribution in [3.63, 3.8) is 0 Å². The van der Waals surface area contributed by atoms with Gasteiger partial charge in [-0.3, -0.25) is 0 Å². The molecule has 2 aromatic rings. The van der Waals surface area contributed by atoms with Crippen LogP contribution in [0.2, 0.25) is 0 Å². The van der Waals surface area contributed by atoms with E-state index in [1.807, 2.05) is 30.3 Å². The second-order valence-electron chi connectivity index (χ2n) is 5.46. The molecule has 1 fully saturated rings. The fourth-order valence-electron chi connectivity index (χ4n) is 2.90. The van der Waals surface area contributed by atoms with E-state index in [0.717, 1.165) is 16.7 Å². The van der Waals surface area contributed by atoms with Crippen molar-refractivity contribution in [2.24, 2.45) is 0 Å². The van der Waals surface area contributed by atoms with Gasteiger partial charge in [0.15, 0.2) is 0 Å². The lowest BCUT2D eigenvalue weighted by molar-refractivity contribution is 0.142. The van der Waals surface area contributed by atoms with Gasteiger partial charge in [-0.05, 0) is 30.5 Å². The third-order valence-electron chi connectivity index (χ3n) is 4.02. The molecule has 0 radical (unpaired) electrons. The Bertz CT molecular complexity index is 734. The zero-order chi connectivity index (χ0) is 16.2. The van der Waals surface area contributed by atoms with Gasteiger partial charge in [-0.25, -0.2) is 9.78 Å². The Morgan fingerprint density at radius 2 is 1.74 bits per heavy atom. The van der Waals surface area contributed by atoms with Crippen LogP contribution in [-0.2, 0) is 0 Å². The molecule has 118 valence electrons. The van der Waals surface area contributed by atoms with Gasteiger partial charge in [-0.1, -0.05) is 42.0 Å². The van der Waals surface area contributed by atoms with Gasteiger partial charge in [-0.2, -0.15) is 4.39 Å². The van der Waals surface area contributed by atoms with Crippen LogP contribution in [0.25, 0.3) is 5.57 Å². The average molecular weight is 312 g/mol. The van der Waals surface area contributed by atoms with E-state index in [1.165, 1.54) is 11.0 Å². The Morgan fingerprint density at radius 3 is 2.35 bits per heavy atom. The number of pyridine rings is 1. The molecule has 1 aliphatic heterocycles. The zero-order valence-corrected chi connectivity index (χ0v) is 12.6. The molecular formula is C18H17FN2O2. The number of benzene rings is 1. The highest BCUT2D eigenvalue weighted by molar-refractivity contribution is 5.80. The van der Waals surface area contributed by atoms with E-state index in [4.69, 9.17) is 5.11 Å². The summed E-state index contributed by atoms with van der Waals surface area (Å²) < 4.78 is 13.6. The third-order valence-corrected chi connectivity index (χ3v) is 4.02. The number of carbonyl (C=O) groups is 1. The number of amides is 1. The highest BCUT2D eigenvalue weighted by Crippen LogP contribution is 2.31. The van der Waals surface area contributed by atoms with E-state index < -0.39 is 12.0 Å². The number of aromatic nitrogens is 1. The molecule has 1 saturated heterocycles. The van der Waals surface area contributed by atoms with Gasteiger partial charge in [0, 0.05) is 18.7 Å². The summed E-state index contributed by atoms with van der Waals surface area (Å²) in [5, 5.41) is 9.08. The van der Waals surface area contributed by atoms with Crippen LogP contribution in [0.15, 0.2) is 54.1 Å². The molecule has 23 heavy (non-hydrogen) atoms. The molecule has 4 nitrogen and oxygen atoms in total. The Balaban J connectivity index is 2.03. The summed E-state index contributed by atoms with van der Waals surface area (Å²) in [6.45, 7) is 0.909. The summed E-state index contributed by atoms with van der Waals surface area (Å²) in [7, 11) is 0. The monoisotopic (exact) mass is 312 g/mol. The number of hydrogen-bond acceptors (Lipinski definition) is 2. The molecule has 0 spiro atoms. The van der Waals surface area contributed by atoms with Crippen molar-refractivity contribution in [2.75, 3.05) is 13.1 Å². The fourth-order valence-corrected chi connectivity index (χ4v) is 2.90. The average Bonchev–Trinajstić information content (AvgIpc) is 2.57. The molecule has 0 unspecified atom stereocenters. The molecule has 1 aliphatic rings. The summed E-state index contributed by atoms with van der Waals surface area (Å²) in [6, 6.07) is 14.5. The van der Waals surface area contributed by atoms with Gasteiger partial charge >= 0.3 is 6.09 Å². The molecule has 1 aromatic carbocycles. The quantitative estimate of drug-likeness (QED) is 0.858. The minimum atomic E-state index is -0.894. The molecule has 2 heterocycles. The van der Waals surface area contributed by atoms with Gasteiger partial charge in [0.05, 0.1) is 5.69 Å². The van der Waals surface area contributed by atoms with E-state index in [1.54, 1.807) is 12.1 Å². The third kappa shape index (κ3) is 3.39. The number of carboxylic acid groups (broad SMARTS) is 1. The normalized spacial score (nSPS) is 14.7. The van der Waals surface area contributed by atoms with Crippen LogP contribution in [0.5, 0.6) is 0 Å². The molecular weight excluding hydrogens is 295 g/mol. The summed E-state index contributed by atoms with van der Waals surface area (Å²) in [5.74, 6) is -0.514. The number of piperidine rings is 1. The molecule has 1 amide bonds. The Morgan fingerprint density at radius 1 is 1.04 bits per heavy atom. The second-order valence-corrected chi connectivity index (χ2v) is 5.46. The summed E-state index contributed by atoms with van der Waals surface area (Å²) >= 11 is 0. The molecule has 0 atom stereocenters. The maximum atomic E-state index is 13.6. The Hall–Kier alpha value is -2.69. The van der Waals surface area contributed by atoms with Gasteiger partial charge < -0.3 is 10.0 Å². The number of likely N-dealkylation sites (tertiary alicyclic amines) is 1. The first-order valence-corrected chi connectivity index (χ1v) is 7.53. The molecule has 0 bridgehead atoms. The van der Waals surface area contributed by atoms with Crippen LogP contribution < -0.4 is 0 Å². The molecule has 3 rings (SSSR count). The van der Waals surface area contributed by atoms with E-state index in [9.17, 15) is 9.18 Å². The molecule has 0 aliphatic carbocycles. The lowest BCUT2D eigenvalue weighted by Gasteiger charge is -2.27. The Labute approximate surface area is 133 Å². The molecule has 1 aromatic heterocycles. The van der Waals surface area contributed by atoms with E-state index >= 15 is 0 Å². The van der Waals surface area contributed by atoms with Gasteiger partial charge in [0.25, 0.3) is 0 Å². The van der Waals surface area contributed by atoms with E-state index in [-0.39, 0.29) is 0 Å². The van der Waals surface area contributed by atoms with E-state index in [0.29, 0.717) is 31.6 Å². The van der Waals surface area contributed by atoms with E-state index in [2.05, 4.69) is 4.98 Å². The maximum Gasteiger partial charge on any atom is 0.407 e. The van der Waals surface area contributed by atoms with Crippen LogP contribution in [0.4, 0.5) is 9.18 Å². The van der Waals surface area contributed by atoms with Crippen molar-refractivity contribution in [2.45, 2.75) is 12.8 Å². The summed E-state index contributed by atoms with van der Waals surface area (Å²) in [4.78, 5) is 16.5. The minimum absolute atomic E-state index is 0.455. The number of hydrogen-bond donors (Lipinski definition) is 1. The summed E-state index contributed by atoms with van der Waals surface area (Å²) in [5.41, 5.74) is 3.60. The smallest absolute Gasteiger partial charge is 0.407 e. The van der Waals surface area contributed by atoms with Crippen LogP contribution >= 0.6 is 0 Å². The fraction of sp³-hybridized carbons (Fsp3) is 0.222. The van der Waals surface area contributed by atoms with Gasteiger partial charge in [0.2, 0.25) is 5.95 Å². The van der Waals surface area contributed by atoms with Crippen molar-refractivity contribution in [1.82, 2.24) is 9.88 Å². The summed E-state index contributed by atoms with van der Waals surface area (Å²) in [6.07, 6.45) is 0.373. The van der Waals surface area contributed by atoms with Crippen molar-refractivity contribution in [1.29, 1.82) is 0 Å². The largest absolute Gasteiger partial charge is 0.465 e. The van der Waals surface area contributed by atoms with Crippen LogP contribution in [0.3, 0.4) is 0 Å². The maximum absolute atomic E-state index is 13.6. The SMILES string of the molecule is O=C(O)N1CCC(=C(c2ccccc2)c2cccc(F)n2)CC1. The topological polar surface area (TPSA) is 53.4 Å². The first kappa shape index (κ1) is 15.2. The highest BCUT2D eigenvalue weighted by atomic mass is 19.1. The molecule has 1 N–H and O–H groups in total. The van der Waals surface area contributed by atoms with Crippen molar-refractivity contribution >= 4 is 11.7 Å². The number of halogens is 1. The first-order valence-electron chi connectivity index (χ1n) is 7.53. The first-order chi connectivity index (χ1) is 11.1. The predicted octanol–water partition coefficient (Wildman–Crippen LogP) is 3.80. The Kier molecular flexibility index (Phi) is 4.37. The lowest BCUT2D eigenvalue weighted by atomic mass is 9.91. The number of nitrogens with zero attached hydrogens (tertiary/aromatic N) is 2. The standard InChI is InChI=1S/C18H17FN2O2/c19-16-8-4-7-15(20-16)17(13-5-2-1-3-6-13)14-9-11-21(12-10-14)18(22)23/h1-8H,9-12H2,(H,22,23). The van der Waals surface area contributed by atoms with Crippen molar-refractivity contribution in [3.8, 4) is 0 Å². The van der Waals surface area contributed by atoms with Crippen LogP contribution in [-0.4, -0.2) is 34.2 Å². The molecule has 0 saturated carbocycles. The van der Waals surface area contributed by atoms with Gasteiger partial charge in [-0.15, -0.1) is 0 Å². The lowest BCUT2D eigenvalue weighted by Crippen LogP contribution is -2.35. The van der Waals surface area contributed by atoms with Crippen LogP contribution in [0, 0.1) is 5.95 Å². The van der Waals surface area contributed by atoms with Gasteiger partial charge in [0.1, 0.15) is 0 Å². The minimum Gasteiger partial charge on any atom is -0.465 e. The van der Waals surface area contributed by atoms with Crippen LogP contribution in [0.1, 0.15) is 24.1 Å². The zero-order valence-electron chi connectivity index (χ0n) is 12.6.